The molecule has 0 aromatic heterocycles. The molecule has 0 N–H and O–H groups in total. The number of piperidine rings is 1. The Kier molecular flexibility index (Phi) is 5.70. The lowest BCUT2D eigenvalue weighted by Gasteiger charge is -2.44. The third-order valence-electron chi connectivity index (χ3n) is 8.02. The number of ether oxygens (including phenoxy) is 1. The van der Waals surface area contributed by atoms with Crippen molar-refractivity contribution >= 4 is 17.6 Å². The minimum Gasteiger partial charge on any atom is -0.486 e. The highest BCUT2D eigenvalue weighted by Crippen LogP contribution is 2.42. The lowest BCUT2D eigenvalue weighted by atomic mass is 9.81. The maximum atomic E-state index is 13.3. The van der Waals surface area contributed by atoms with E-state index in [1.807, 2.05) is 73.0 Å². The molecule has 2 amide bonds. The fraction of sp³-hybridized carbons (Fsp3) is 0.464. The number of carbonyl (C=O) groups is 3. The van der Waals surface area contributed by atoms with E-state index in [9.17, 15) is 14.4 Å². The average molecular weight is 461 g/mol. The molecule has 1 spiro atoms. The molecule has 3 aliphatic heterocycles. The van der Waals surface area contributed by atoms with Crippen molar-refractivity contribution in [3.63, 3.8) is 0 Å². The fourth-order valence-electron chi connectivity index (χ4n) is 5.64. The van der Waals surface area contributed by atoms with Gasteiger partial charge in [-0.2, -0.15) is 0 Å². The fourth-order valence-corrected chi connectivity index (χ4v) is 5.64. The molecular weight excluding hydrogens is 428 g/mol. The van der Waals surface area contributed by atoms with Gasteiger partial charge < -0.3 is 14.5 Å². The van der Waals surface area contributed by atoms with Crippen molar-refractivity contribution in [3.05, 3.63) is 64.7 Å². The molecule has 2 aromatic carbocycles. The number of hydrogen-bond acceptors (Lipinski definition) is 4. The largest absolute Gasteiger partial charge is 0.486 e. The van der Waals surface area contributed by atoms with Crippen LogP contribution in [0.15, 0.2) is 42.5 Å². The van der Waals surface area contributed by atoms with Crippen LogP contribution in [0.1, 0.15) is 65.7 Å². The maximum Gasteiger partial charge on any atom is 0.227 e. The van der Waals surface area contributed by atoms with E-state index >= 15 is 0 Å². The molecule has 0 aliphatic carbocycles. The topological polar surface area (TPSA) is 66.9 Å². The highest BCUT2D eigenvalue weighted by atomic mass is 16.5. The summed E-state index contributed by atoms with van der Waals surface area (Å²) in [7, 11) is 0. The molecule has 2 fully saturated rings. The number of hydrogen-bond donors (Lipinski definition) is 0. The van der Waals surface area contributed by atoms with E-state index in [4.69, 9.17) is 4.74 Å². The molecule has 178 valence electrons. The molecular formula is C28H32N2O4. The van der Waals surface area contributed by atoms with Gasteiger partial charge in [0.25, 0.3) is 0 Å². The molecule has 0 saturated carbocycles. The Balaban J connectivity index is 1.24. The molecule has 6 heteroatoms. The highest BCUT2D eigenvalue weighted by molar-refractivity contribution is 6.01. The van der Waals surface area contributed by atoms with Gasteiger partial charge in [0.05, 0.1) is 23.9 Å². The summed E-state index contributed by atoms with van der Waals surface area (Å²) < 4.78 is 6.49. The highest BCUT2D eigenvalue weighted by Gasteiger charge is 2.46. The molecule has 3 aliphatic rings. The lowest BCUT2D eigenvalue weighted by molar-refractivity contribution is -0.139. The number of benzene rings is 2. The number of likely N-dealkylation sites (tertiary alicyclic amines) is 2. The second-order valence-electron chi connectivity index (χ2n) is 10.1. The zero-order chi connectivity index (χ0) is 24.0. The van der Waals surface area contributed by atoms with Gasteiger partial charge in [-0.1, -0.05) is 36.4 Å². The van der Waals surface area contributed by atoms with E-state index in [2.05, 4.69) is 0 Å². The van der Waals surface area contributed by atoms with Crippen LogP contribution in [0, 0.1) is 19.8 Å². The zero-order valence-corrected chi connectivity index (χ0v) is 20.2. The lowest BCUT2D eigenvalue weighted by Crippen LogP contribution is -2.53. The van der Waals surface area contributed by atoms with Crippen LogP contribution in [0.25, 0.3) is 0 Å². The van der Waals surface area contributed by atoms with E-state index in [-0.39, 0.29) is 36.0 Å². The van der Waals surface area contributed by atoms with Crippen LogP contribution in [0.2, 0.25) is 0 Å². The van der Waals surface area contributed by atoms with Crippen molar-refractivity contribution < 1.29 is 19.1 Å². The second kappa shape index (κ2) is 8.57. The van der Waals surface area contributed by atoms with Gasteiger partial charge in [0.15, 0.2) is 5.78 Å². The van der Waals surface area contributed by atoms with Gasteiger partial charge in [-0.05, 0) is 43.5 Å². The summed E-state index contributed by atoms with van der Waals surface area (Å²) >= 11 is 0. The number of amides is 2. The number of carbonyl (C=O) groups excluding carboxylic acids is 3. The van der Waals surface area contributed by atoms with Gasteiger partial charge in [-0.3, -0.25) is 14.4 Å². The molecule has 3 heterocycles. The van der Waals surface area contributed by atoms with E-state index in [1.165, 1.54) is 0 Å². The third-order valence-corrected chi connectivity index (χ3v) is 8.02. The van der Waals surface area contributed by atoms with Crippen molar-refractivity contribution in [3.8, 4) is 5.75 Å². The Morgan fingerprint density at radius 3 is 2.47 bits per heavy atom. The smallest absolute Gasteiger partial charge is 0.227 e. The number of fused-ring (bicyclic) bond motifs is 1. The molecule has 2 saturated heterocycles. The minimum atomic E-state index is -0.543. The van der Waals surface area contributed by atoms with Crippen molar-refractivity contribution in [1.82, 2.24) is 9.80 Å². The van der Waals surface area contributed by atoms with Gasteiger partial charge in [0, 0.05) is 38.9 Å². The normalized spacial score (nSPS) is 22.5. The van der Waals surface area contributed by atoms with Crippen LogP contribution >= 0.6 is 0 Å². The van der Waals surface area contributed by atoms with Crippen molar-refractivity contribution in [1.29, 1.82) is 0 Å². The zero-order valence-electron chi connectivity index (χ0n) is 20.2. The first-order chi connectivity index (χ1) is 16.3. The molecule has 2 atom stereocenters. The number of ketones is 1. The van der Waals surface area contributed by atoms with Gasteiger partial charge >= 0.3 is 0 Å². The Hall–Kier alpha value is -3.15. The van der Waals surface area contributed by atoms with E-state index in [1.54, 1.807) is 0 Å². The van der Waals surface area contributed by atoms with Crippen LogP contribution in [-0.4, -0.2) is 52.6 Å². The molecule has 6 nitrogen and oxygen atoms in total. The van der Waals surface area contributed by atoms with Crippen molar-refractivity contribution in [2.75, 3.05) is 19.6 Å². The third kappa shape index (κ3) is 3.89. The maximum absolute atomic E-state index is 13.3. The number of nitrogens with zero attached hydrogens (tertiary/aromatic N) is 2. The second-order valence-corrected chi connectivity index (χ2v) is 10.1. The Morgan fingerprint density at radius 2 is 1.76 bits per heavy atom. The van der Waals surface area contributed by atoms with Crippen LogP contribution in [-0.2, 0) is 9.59 Å². The average Bonchev–Trinajstić information content (AvgIpc) is 3.23. The molecule has 5 rings (SSSR count). The van der Waals surface area contributed by atoms with Gasteiger partial charge in [0.1, 0.15) is 11.4 Å². The first-order valence-electron chi connectivity index (χ1n) is 12.2. The van der Waals surface area contributed by atoms with Crippen LogP contribution in [0.4, 0.5) is 0 Å². The van der Waals surface area contributed by atoms with Crippen molar-refractivity contribution in [2.24, 2.45) is 5.92 Å². The van der Waals surface area contributed by atoms with Crippen molar-refractivity contribution in [2.45, 2.75) is 58.1 Å². The monoisotopic (exact) mass is 460 g/mol. The van der Waals surface area contributed by atoms with Crippen LogP contribution in [0.3, 0.4) is 0 Å². The van der Waals surface area contributed by atoms with Crippen LogP contribution < -0.4 is 4.74 Å². The quantitative estimate of drug-likeness (QED) is 0.687. The van der Waals surface area contributed by atoms with Gasteiger partial charge in [0.2, 0.25) is 11.8 Å². The summed E-state index contributed by atoms with van der Waals surface area (Å²) in [5, 5.41) is 0. The predicted octanol–water partition coefficient (Wildman–Crippen LogP) is 4.24. The molecule has 0 bridgehead atoms. The first-order valence-corrected chi connectivity index (χ1v) is 12.2. The number of aryl methyl sites for hydroxylation is 1. The SMILES string of the molecule is Cc1ccc2c(c1C)OC1(CCN(C(=O)C3CC(=O)N(C(C)c4ccccc4)C3)CC1)CC2=O. The number of Topliss-reactive ketones (excluding diaryl/α,β-unsaturated/α-hetero) is 1. The molecule has 34 heavy (non-hydrogen) atoms. The Bertz CT molecular complexity index is 1130. The standard InChI is InChI=1S/C28H32N2O4/c1-18-9-10-23-24(31)16-28(34-26(23)19(18)2)11-13-29(14-12-28)27(33)22-15-25(32)30(17-22)20(3)21-7-5-4-6-8-21/h4-10,20,22H,11-17H2,1-3H3. The van der Waals surface area contributed by atoms with E-state index in [0.717, 1.165) is 16.7 Å². The van der Waals surface area contributed by atoms with Gasteiger partial charge in [-0.25, -0.2) is 0 Å². The van der Waals surface area contributed by atoms with Gasteiger partial charge in [-0.15, -0.1) is 0 Å². The summed E-state index contributed by atoms with van der Waals surface area (Å²) in [5.41, 5.74) is 3.33. The predicted molar refractivity (Wildman–Crippen MR) is 129 cm³/mol. The summed E-state index contributed by atoms with van der Waals surface area (Å²) in [6.45, 7) is 7.59. The molecule has 2 unspecified atom stereocenters. The molecule has 0 radical (unpaired) electrons. The summed E-state index contributed by atoms with van der Waals surface area (Å²) in [5.74, 6) is 0.596. The van der Waals surface area contributed by atoms with E-state index < -0.39 is 5.60 Å². The summed E-state index contributed by atoms with van der Waals surface area (Å²) in [6, 6.07) is 13.7. The van der Waals surface area contributed by atoms with E-state index in [0.29, 0.717) is 50.2 Å². The summed E-state index contributed by atoms with van der Waals surface area (Å²) in [6.07, 6.45) is 1.87. The first kappa shape index (κ1) is 22.6. The Labute approximate surface area is 200 Å². The minimum absolute atomic E-state index is 0.0341. The van der Waals surface area contributed by atoms with Crippen LogP contribution in [0.5, 0.6) is 5.75 Å². The summed E-state index contributed by atoms with van der Waals surface area (Å²) in [4.78, 5) is 42.7. The number of rotatable bonds is 3. The Morgan fingerprint density at radius 1 is 1.06 bits per heavy atom. The molecule has 2 aromatic rings.